The summed E-state index contributed by atoms with van der Waals surface area (Å²) >= 11 is 0. The molecule has 0 unspecified atom stereocenters. The van der Waals surface area contributed by atoms with Crippen LogP contribution in [0, 0.1) is 13.8 Å². The molecule has 4 aromatic heterocycles. The highest BCUT2D eigenvalue weighted by Gasteiger charge is 2.12. The van der Waals surface area contributed by atoms with Crippen LogP contribution < -0.4 is 0 Å². The van der Waals surface area contributed by atoms with Gasteiger partial charge in [-0.3, -0.25) is 9.97 Å². The lowest BCUT2D eigenvalue weighted by Crippen LogP contribution is -1.94. The van der Waals surface area contributed by atoms with E-state index in [-0.39, 0.29) is 0 Å². The molecule has 2 aromatic carbocycles. The highest BCUT2D eigenvalue weighted by molar-refractivity contribution is 5.88. The number of hydrogen-bond donors (Lipinski definition) is 0. The monoisotopic (exact) mass is 456 g/mol. The number of aryl methyl sites for hydroxylation is 4. The summed E-state index contributed by atoms with van der Waals surface area (Å²) in [7, 11) is 4.23. The first-order chi connectivity index (χ1) is 17.0. The van der Waals surface area contributed by atoms with Gasteiger partial charge in [-0.2, -0.15) is 0 Å². The van der Waals surface area contributed by atoms with Crippen LogP contribution in [-0.2, 0) is 20.5 Å². The summed E-state index contributed by atoms with van der Waals surface area (Å²) in [6.07, 6.45) is 4.75. The van der Waals surface area contributed by atoms with E-state index in [2.05, 4.69) is 120 Å². The number of aromatic nitrogens is 4. The molecule has 0 spiro atoms. The van der Waals surface area contributed by atoms with Crippen molar-refractivity contribution in [2.45, 2.75) is 20.3 Å². The summed E-state index contributed by atoms with van der Waals surface area (Å²) in [4.78, 5) is 9.26. The predicted octanol–water partition coefficient (Wildman–Crippen LogP) is 7.00. The Hall–Kier alpha value is -4.18. The van der Waals surface area contributed by atoms with E-state index in [0.717, 1.165) is 29.2 Å². The molecule has 0 fully saturated rings. The standard InChI is InChI=1S/C31H28N4/c1-20-5-9-26(32-18-20)30-16-24-14-22(7-11-28(24)34(30)3)13-23-8-12-29-25(15-23)17-31(35(29)4)27-10-6-21(2)19-33-27/h5-12,14-19H,13H2,1-4H3. The van der Waals surface area contributed by atoms with E-state index in [9.17, 15) is 0 Å². The average molecular weight is 457 g/mol. The zero-order valence-corrected chi connectivity index (χ0v) is 20.6. The summed E-state index contributed by atoms with van der Waals surface area (Å²) in [5.74, 6) is 0. The van der Waals surface area contributed by atoms with Crippen LogP contribution in [0.5, 0.6) is 0 Å². The van der Waals surface area contributed by atoms with E-state index >= 15 is 0 Å². The molecule has 4 heterocycles. The van der Waals surface area contributed by atoms with Crippen LogP contribution in [0.4, 0.5) is 0 Å². The third-order valence-corrected chi connectivity index (χ3v) is 6.97. The number of fused-ring (bicyclic) bond motifs is 2. The molecule has 35 heavy (non-hydrogen) atoms. The van der Waals surface area contributed by atoms with E-state index in [1.54, 1.807) is 0 Å². The molecular formula is C31H28N4. The third kappa shape index (κ3) is 3.81. The van der Waals surface area contributed by atoms with Gasteiger partial charge in [-0.15, -0.1) is 0 Å². The summed E-state index contributed by atoms with van der Waals surface area (Å²) in [5.41, 5.74) is 11.7. The van der Waals surface area contributed by atoms with Gasteiger partial charge in [-0.05, 0) is 91.1 Å². The zero-order valence-electron chi connectivity index (χ0n) is 20.6. The molecule has 0 atom stereocenters. The van der Waals surface area contributed by atoms with Crippen molar-refractivity contribution in [3.8, 4) is 22.8 Å². The summed E-state index contributed by atoms with van der Waals surface area (Å²) < 4.78 is 4.46. The van der Waals surface area contributed by atoms with Crippen LogP contribution in [0.2, 0.25) is 0 Å². The van der Waals surface area contributed by atoms with E-state index in [1.165, 1.54) is 44.1 Å². The Labute approximate surface area is 205 Å². The lowest BCUT2D eigenvalue weighted by atomic mass is 10.0. The van der Waals surface area contributed by atoms with Crippen molar-refractivity contribution in [3.05, 3.63) is 107 Å². The first kappa shape index (κ1) is 21.4. The predicted molar refractivity (Wildman–Crippen MR) is 145 cm³/mol. The number of hydrogen-bond acceptors (Lipinski definition) is 2. The second-order valence-electron chi connectivity index (χ2n) is 9.58. The van der Waals surface area contributed by atoms with Gasteiger partial charge in [0.25, 0.3) is 0 Å². The van der Waals surface area contributed by atoms with Crippen molar-refractivity contribution < 1.29 is 0 Å². The molecule has 6 aromatic rings. The van der Waals surface area contributed by atoms with Gasteiger partial charge >= 0.3 is 0 Å². The molecule has 0 bridgehead atoms. The highest BCUT2D eigenvalue weighted by atomic mass is 15.0. The maximum absolute atomic E-state index is 4.63. The Morgan fingerprint density at radius 2 is 1.03 bits per heavy atom. The molecule has 0 saturated carbocycles. The Morgan fingerprint density at radius 1 is 0.571 bits per heavy atom. The molecule has 0 aliphatic heterocycles. The van der Waals surface area contributed by atoms with Gasteiger partial charge in [-0.25, -0.2) is 0 Å². The van der Waals surface area contributed by atoms with Crippen LogP contribution in [0.25, 0.3) is 44.6 Å². The van der Waals surface area contributed by atoms with Crippen molar-refractivity contribution in [3.63, 3.8) is 0 Å². The second kappa shape index (κ2) is 8.24. The van der Waals surface area contributed by atoms with Crippen LogP contribution in [-0.4, -0.2) is 19.1 Å². The molecule has 0 saturated heterocycles. The maximum Gasteiger partial charge on any atom is 0.0866 e. The number of benzene rings is 2. The molecule has 0 aliphatic rings. The van der Waals surface area contributed by atoms with Crippen LogP contribution in [0.3, 0.4) is 0 Å². The van der Waals surface area contributed by atoms with E-state index in [4.69, 9.17) is 0 Å². The zero-order chi connectivity index (χ0) is 24.1. The third-order valence-electron chi connectivity index (χ3n) is 6.97. The SMILES string of the molecule is Cc1ccc(-c2cc3cc(Cc4ccc5c(c4)cc(-c4ccc(C)cn4)n5C)ccc3n2C)nc1. The van der Waals surface area contributed by atoms with Crippen LogP contribution in [0.15, 0.2) is 85.2 Å². The topological polar surface area (TPSA) is 35.6 Å². The minimum atomic E-state index is 0.895. The van der Waals surface area contributed by atoms with Gasteiger partial charge in [0.1, 0.15) is 0 Å². The number of pyridine rings is 2. The lowest BCUT2D eigenvalue weighted by molar-refractivity contribution is 0.968. The van der Waals surface area contributed by atoms with E-state index < -0.39 is 0 Å². The van der Waals surface area contributed by atoms with Crippen molar-refractivity contribution in [1.82, 2.24) is 19.1 Å². The fourth-order valence-electron chi connectivity index (χ4n) is 4.98. The molecule has 0 radical (unpaired) electrons. The molecule has 4 nitrogen and oxygen atoms in total. The number of nitrogens with zero attached hydrogens (tertiary/aromatic N) is 4. The van der Waals surface area contributed by atoms with Crippen LogP contribution in [0.1, 0.15) is 22.3 Å². The molecule has 4 heteroatoms. The van der Waals surface area contributed by atoms with Crippen LogP contribution >= 0.6 is 0 Å². The molecule has 0 aliphatic carbocycles. The minimum Gasteiger partial charge on any atom is -0.342 e. The first-order valence-corrected chi connectivity index (χ1v) is 12.0. The maximum atomic E-state index is 4.63. The Kier molecular flexibility index (Phi) is 5.03. The molecule has 0 N–H and O–H groups in total. The van der Waals surface area contributed by atoms with Crippen molar-refractivity contribution in [2.75, 3.05) is 0 Å². The molecule has 172 valence electrons. The Morgan fingerprint density at radius 3 is 1.43 bits per heavy atom. The van der Waals surface area contributed by atoms with Crippen molar-refractivity contribution in [2.24, 2.45) is 14.1 Å². The van der Waals surface area contributed by atoms with Gasteiger partial charge in [0.05, 0.1) is 22.8 Å². The smallest absolute Gasteiger partial charge is 0.0866 e. The highest BCUT2D eigenvalue weighted by Crippen LogP contribution is 2.30. The summed E-state index contributed by atoms with van der Waals surface area (Å²) in [6.45, 7) is 4.13. The quantitative estimate of drug-likeness (QED) is 0.286. The largest absolute Gasteiger partial charge is 0.342 e. The Bertz CT molecular complexity index is 1560. The molecule has 0 amide bonds. The van der Waals surface area contributed by atoms with E-state index in [0.29, 0.717) is 0 Å². The van der Waals surface area contributed by atoms with Crippen molar-refractivity contribution in [1.29, 1.82) is 0 Å². The molecular weight excluding hydrogens is 428 g/mol. The second-order valence-corrected chi connectivity index (χ2v) is 9.58. The summed E-state index contributed by atoms with van der Waals surface area (Å²) in [5, 5.41) is 2.49. The first-order valence-electron chi connectivity index (χ1n) is 12.0. The van der Waals surface area contributed by atoms with Gasteiger partial charge < -0.3 is 9.13 Å². The summed E-state index contributed by atoms with van der Waals surface area (Å²) in [6, 6.07) is 26.5. The van der Waals surface area contributed by atoms with Gasteiger partial charge in [-0.1, -0.05) is 24.3 Å². The fourth-order valence-corrected chi connectivity index (χ4v) is 4.98. The number of rotatable bonds is 4. The molecule has 6 rings (SSSR count). The minimum absolute atomic E-state index is 0.895. The van der Waals surface area contributed by atoms with Crippen molar-refractivity contribution >= 4 is 21.8 Å². The van der Waals surface area contributed by atoms with Gasteiger partial charge in [0, 0.05) is 48.3 Å². The lowest BCUT2D eigenvalue weighted by Gasteiger charge is -2.06. The average Bonchev–Trinajstić information content (AvgIpc) is 3.36. The van der Waals surface area contributed by atoms with Gasteiger partial charge in [0.2, 0.25) is 0 Å². The normalized spacial score (nSPS) is 11.5. The van der Waals surface area contributed by atoms with Gasteiger partial charge in [0.15, 0.2) is 0 Å². The fraction of sp³-hybridized carbons (Fsp3) is 0.161. The van der Waals surface area contributed by atoms with E-state index in [1.807, 2.05) is 12.4 Å². The Balaban J connectivity index is 1.32.